The van der Waals surface area contributed by atoms with Crippen molar-refractivity contribution in [3.8, 4) is 0 Å². The molecule has 3 rings (SSSR count). The number of aromatic nitrogens is 1. The summed E-state index contributed by atoms with van der Waals surface area (Å²) in [6, 6.07) is 4.50. The fraction of sp³-hybridized carbons (Fsp3) is 0.375. The number of hydrogen-bond donors (Lipinski definition) is 1. The molecule has 1 aliphatic rings. The summed E-state index contributed by atoms with van der Waals surface area (Å²) in [5.74, 6) is -0.466. The van der Waals surface area contributed by atoms with E-state index in [1.165, 1.54) is 18.3 Å². The van der Waals surface area contributed by atoms with Crippen molar-refractivity contribution in [2.24, 2.45) is 0 Å². The van der Waals surface area contributed by atoms with Gasteiger partial charge < -0.3 is 15.0 Å². The molecule has 1 N–H and O–H groups in total. The number of nitrogens with one attached hydrogen (secondary N) is 1. The number of esters is 1. The van der Waals surface area contributed by atoms with Gasteiger partial charge in [0.2, 0.25) is 0 Å². The number of carbonyl (C=O) groups is 1. The molecule has 1 aliphatic heterocycles. The molecule has 0 saturated carbocycles. The number of ether oxygens (including phenoxy) is 1. The van der Waals surface area contributed by atoms with Crippen molar-refractivity contribution in [1.29, 1.82) is 0 Å². The quantitative estimate of drug-likeness (QED) is 0.518. The first-order valence-corrected chi connectivity index (χ1v) is 7.81. The number of rotatable bonds is 4. The van der Waals surface area contributed by atoms with E-state index in [4.69, 9.17) is 4.74 Å². The molecular formula is C16H18N4O4. The smallest absolute Gasteiger partial charge is 0.341 e. The lowest BCUT2D eigenvalue weighted by Gasteiger charge is -2.31. The Bertz CT molecular complexity index is 787. The SMILES string of the molecule is CCOC(=O)c1cnc2ccc([N+](=O)[O-])cc2c1N1CCNCC1. The first kappa shape index (κ1) is 16.1. The second-order valence-electron chi connectivity index (χ2n) is 5.44. The Morgan fingerprint density at radius 2 is 2.17 bits per heavy atom. The van der Waals surface area contributed by atoms with Gasteiger partial charge in [-0.3, -0.25) is 15.1 Å². The van der Waals surface area contributed by atoms with Crippen LogP contribution < -0.4 is 10.2 Å². The molecule has 0 bridgehead atoms. The molecule has 0 amide bonds. The number of nitrogens with zero attached hydrogens (tertiary/aromatic N) is 3. The van der Waals surface area contributed by atoms with Crippen LogP contribution in [0.1, 0.15) is 17.3 Å². The Labute approximate surface area is 138 Å². The molecule has 126 valence electrons. The predicted molar refractivity (Wildman–Crippen MR) is 89.4 cm³/mol. The molecule has 2 aromatic rings. The Hall–Kier alpha value is -2.74. The van der Waals surface area contributed by atoms with Crippen LogP contribution in [0.2, 0.25) is 0 Å². The third-order valence-electron chi connectivity index (χ3n) is 3.96. The van der Waals surface area contributed by atoms with Gasteiger partial charge in [-0.25, -0.2) is 4.79 Å². The molecule has 0 unspecified atom stereocenters. The van der Waals surface area contributed by atoms with E-state index >= 15 is 0 Å². The summed E-state index contributed by atoms with van der Waals surface area (Å²) in [6.45, 7) is 4.96. The molecule has 1 aromatic heterocycles. The van der Waals surface area contributed by atoms with Crippen LogP contribution in [-0.4, -0.2) is 48.7 Å². The second-order valence-corrected chi connectivity index (χ2v) is 5.44. The summed E-state index contributed by atoms with van der Waals surface area (Å²) in [5, 5.41) is 15.0. The van der Waals surface area contributed by atoms with Crippen LogP contribution in [0.5, 0.6) is 0 Å². The summed E-state index contributed by atoms with van der Waals surface area (Å²) < 4.78 is 5.13. The summed E-state index contributed by atoms with van der Waals surface area (Å²) >= 11 is 0. The number of anilines is 1. The van der Waals surface area contributed by atoms with Gasteiger partial charge in [-0.05, 0) is 13.0 Å². The highest BCUT2D eigenvalue weighted by atomic mass is 16.6. The maximum absolute atomic E-state index is 12.3. The highest BCUT2D eigenvalue weighted by molar-refractivity contribution is 6.05. The van der Waals surface area contributed by atoms with Gasteiger partial charge in [-0.2, -0.15) is 0 Å². The number of piperazine rings is 1. The minimum absolute atomic E-state index is 0.0262. The fourth-order valence-corrected chi connectivity index (χ4v) is 2.87. The van der Waals surface area contributed by atoms with Gasteiger partial charge in [-0.1, -0.05) is 0 Å². The highest BCUT2D eigenvalue weighted by Crippen LogP contribution is 2.33. The van der Waals surface area contributed by atoms with Crippen molar-refractivity contribution in [2.45, 2.75) is 6.92 Å². The number of nitro benzene ring substituents is 1. The number of hydrogen-bond acceptors (Lipinski definition) is 7. The number of carbonyl (C=O) groups excluding carboxylic acids is 1. The zero-order valence-electron chi connectivity index (χ0n) is 13.3. The van der Waals surface area contributed by atoms with Gasteiger partial charge in [0.05, 0.1) is 22.7 Å². The molecule has 8 nitrogen and oxygen atoms in total. The van der Waals surface area contributed by atoms with Crippen LogP contribution in [0.25, 0.3) is 10.9 Å². The standard InChI is InChI=1S/C16H18N4O4/c1-2-24-16(21)13-10-18-14-4-3-11(20(22)23)9-12(14)15(13)19-7-5-17-6-8-19/h3-4,9-10,17H,2,5-8H2,1H3. The van der Waals surface area contributed by atoms with Gasteiger partial charge >= 0.3 is 5.97 Å². The molecule has 1 saturated heterocycles. The van der Waals surface area contributed by atoms with Crippen LogP contribution in [-0.2, 0) is 4.74 Å². The summed E-state index contributed by atoms with van der Waals surface area (Å²) in [4.78, 5) is 29.3. The van der Waals surface area contributed by atoms with Gasteiger partial charge in [0, 0.05) is 49.9 Å². The summed E-state index contributed by atoms with van der Waals surface area (Å²) in [5.41, 5.74) is 1.58. The molecule has 0 radical (unpaired) electrons. The number of non-ortho nitro benzene ring substituents is 1. The Kier molecular flexibility index (Phi) is 4.57. The van der Waals surface area contributed by atoms with Crippen molar-refractivity contribution < 1.29 is 14.5 Å². The van der Waals surface area contributed by atoms with Gasteiger partial charge in [-0.15, -0.1) is 0 Å². The first-order valence-electron chi connectivity index (χ1n) is 7.81. The number of fused-ring (bicyclic) bond motifs is 1. The fourth-order valence-electron chi connectivity index (χ4n) is 2.87. The maximum atomic E-state index is 12.3. The van der Waals surface area contributed by atoms with Crippen LogP contribution in [0, 0.1) is 10.1 Å². The van der Waals surface area contributed by atoms with Gasteiger partial charge in [0.25, 0.3) is 5.69 Å². The lowest BCUT2D eigenvalue weighted by atomic mass is 10.1. The molecule has 2 heterocycles. The molecule has 8 heteroatoms. The number of nitro groups is 1. The van der Waals surface area contributed by atoms with Crippen molar-refractivity contribution in [1.82, 2.24) is 10.3 Å². The van der Waals surface area contributed by atoms with Crippen LogP contribution in [0.4, 0.5) is 11.4 Å². The minimum Gasteiger partial charge on any atom is -0.462 e. The molecule has 0 atom stereocenters. The molecular weight excluding hydrogens is 312 g/mol. The van der Waals surface area contributed by atoms with Crippen LogP contribution in [0.3, 0.4) is 0 Å². The molecule has 0 spiro atoms. The monoisotopic (exact) mass is 330 g/mol. The van der Waals surface area contributed by atoms with E-state index in [0.717, 1.165) is 13.1 Å². The molecule has 0 aliphatic carbocycles. The van der Waals surface area contributed by atoms with E-state index in [-0.39, 0.29) is 12.3 Å². The number of pyridine rings is 1. The summed E-state index contributed by atoms with van der Waals surface area (Å²) in [7, 11) is 0. The average molecular weight is 330 g/mol. The Balaban J connectivity index is 2.21. The third-order valence-corrected chi connectivity index (χ3v) is 3.96. The Morgan fingerprint density at radius 3 is 2.83 bits per heavy atom. The normalized spacial score (nSPS) is 14.6. The molecule has 24 heavy (non-hydrogen) atoms. The average Bonchev–Trinajstić information content (AvgIpc) is 2.61. The van der Waals surface area contributed by atoms with E-state index in [2.05, 4.69) is 15.2 Å². The maximum Gasteiger partial charge on any atom is 0.341 e. The van der Waals surface area contributed by atoms with Crippen molar-refractivity contribution in [3.63, 3.8) is 0 Å². The third kappa shape index (κ3) is 3.00. The lowest BCUT2D eigenvalue weighted by Crippen LogP contribution is -2.44. The first-order chi connectivity index (χ1) is 11.6. The van der Waals surface area contributed by atoms with E-state index in [1.807, 2.05) is 0 Å². The summed E-state index contributed by atoms with van der Waals surface area (Å²) in [6.07, 6.45) is 1.49. The molecule has 1 aromatic carbocycles. The van der Waals surface area contributed by atoms with Gasteiger partial charge in [0.15, 0.2) is 0 Å². The van der Waals surface area contributed by atoms with Crippen LogP contribution in [0.15, 0.2) is 24.4 Å². The van der Waals surface area contributed by atoms with Crippen molar-refractivity contribution in [3.05, 3.63) is 40.1 Å². The van der Waals surface area contributed by atoms with E-state index in [9.17, 15) is 14.9 Å². The minimum atomic E-state index is -0.466. The Morgan fingerprint density at radius 1 is 1.42 bits per heavy atom. The van der Waals surface area contributed by atoms with E-state index in [0.29, 0.717) is 35.2 Å². The van der Waals surface area contributed by atoms with Crippen molar-refractivity contribution in [2.75, 3.05) is 37.7 Å². The zero-order chi connectivity index (χ0) is 17.1. The topological polar surface area (TPSA) is 97.6 Å². The largest absolute Gasteiger partial charge is 0.462 e. The molecule has 1 fully saturated rings. The second kappa shape index (κ2) is 6.79. The van der Waals surface area contributed by atoms with E-state index in [1.54, 1.807) is 13.0 Å². The van der Waals surface area contributed by atoms with E-state index < -0.39 is 10.9 Å². The van der Waals surface area contributed by atoms with Gasteiger partial charge in [0.1, 0.15) is 5.56 Å². The lowest BCUT2D eigenvalue weighted by molar-refractivity contribution is -0.384. The highest BCUT2D eigenvalue weighted by Gasteiger charge is 2.24. The number of benzene rings is 1. The van der Waals surface area contributed by atoms with Crippen molar-refractivity contribution >= 4 is 28.2 Å². The predicted octanol–water partition coefficient (Wildman–Crippen LogP) is 1.73. The zero-order valence-corrected chi connectivity index (χ0v) is 13.3. The van der Waals surface area contributed by atoms with Crippen LogP contribution >= 0.6 is 0 Å².